The molecule has 1 amide bonds. The highest BCUT2D eigenvalue weighted by Gasteiger charge is 2.18. The van der Waals surface area contributed by atoms with Crippen LogP contribution in [0.5, 0.6) is 0 Å². The molecular weight excluding hydrogens is 302 g/mol. The van der Waals surface area contributed by atoms with Crippen LogP contribution in [0.15, 0.2) is 29.2 Å². The summed E-state index contributed by atoms with van der Waals surface area (Å²) in [5.41, 5.74) is 0.344. The van der Waals surface area contributed by atoms with Gasteiger partial charge in [-0.25, -0.2) is 12.7 Å². The van der Waals surface area contributed by atoms with Gasteiger partial charge in [-0.15, -0.1) is 0 Å². The lowest BCUT2D eigenvalue weighted by atomic mass is 10.0. The third kappa shape index (κ3) is 5.08. The van der Waals surface area contributed by atoms with Gasteiger partial charge in [-0.3, -0.25) is 4.79 Å². The zero-order valence-corrected chi connectivity index (χ0v) is 14.6. The average Bonchev–Trinajstić information content (AvgIpc) is 2.45. The summed E-state index contributed by atoms with van der Waals surface area (Å²) in [6, 6.07) is 6.23. The number of rotatable bonds is 7. The molecule has 1 aromatic rings. The third-order valence-electron chi connectivity index (χ3n) is 3.51. The molecule has 0 saturated carbocycles. The van der Waals surface area contributed by atoms with E-state index in [1.807, 2.05) is 20.8 Å². The SMILES string of the molecule is CCC(C)(C)NCC(=O)Nc1cccc(S(=O)(=O)N(C)C)c1. The van der Waals surface area contributed by atoms with Crippen LogP contribution in [0.3, 0.4) is 0 Å². The zero-order valence-electron chi connectivity index (χ0n) is 13.8. The van der Waals surface area contributed by atoms with Gasteiger partial charge in [-0.1, -0.05) is 13.0 Å². The van der Waals surface area contributed by atoms with Crippen LogP contribution in [0.25, 0.3) is 0 Å². The Labute approximate surface area is 132 Å². The van der Waals surface area contributed by atoms with Gasteiger partial charge >= 0.3 is 0 Å². The third-order valence-corrected chi connectivity index (χ3v) is 5.32. The Kier molecular flexibility index (Phi) is 6.10. The normalized spacial score (nSPS) is 12.5. The number of anilines is 1. The van der Waals surface area contributed by atoms with Crippen molar-refractivity contribution < 1.29 is 13.2 Å². The van der Waals surface area contributed by atoms with E-state index in [1.54, 1.807) is 12.1 Å². The molecule has 7 heteroatoms. The van der Waals surface area contributed by atoms with Crippen LogP contribution in [0, 0.1) is 0 Å². The number of nitrogens with one attached hydrogen (secondary N) is 2. The lowest BCUT2D eigenvalue weighted by molar-refractivity contribution is -0.115. The Hall–Kier alpha value is -1.44. The molecule has 0 spiro atoms. The standard InChI is InChI=1S/C15H25N3O3S/c1-6-15(2,3)16-11-14(19)17-12-8-7-9-13(10-12)22(20,21)18(4)5/h7-10,16H,6,11H2,1-5H3,(H,17,19). The van der Waals surface area contributed by atoms with Gasteiger partial charge in [0.15, 0.2) is 0 Å². The van der Waals surface area contributed by atoms with Crippen molar-refractivity contribution in [3.63, 3.8) is 0 Å². The number of benzene rings is 1. The summed E-state index contributed by atoms with van der Waals surface area (Å²) in [6.45, 7) is 6.25. The van der Waals surface area contributed by atoms with Gasteiger partial charge in [0.2, 0.25) is 15.9 Å². The monoisotopic (exact) mass is 327 g/mol. The first kappa shape index (κ1) is 18.6. The molecular formula is C15H25N3O3S. The van der Waals surface area contributed by atoms with E-state index < -0.39 is 10.0 Å². The van der Waals surface area contributed by atoms with Crippen LogP contribution in [-0.4, -0.2) is 44.8 Å². The Balaban J connectivity index is 2.78. The summed E-state index contributed by atoms with van der Waals surface area (Å²) in [7, 11) is -0.569. The number of sulfonamides is 1. The van der Waals surface area contributed by atoms with Crippen molar-refractivity contribution in [1.82, 2.24) is 9.62 Å². The maximum Gasteiger partial charge on any atom is 0.242 e. The first-order valence-corrected chi connectivity index (χ1v) is 8.60. The molecule has 0 fully saturated rings. The molecule has 0 aromatic heterocycles. The van der Waals surface area contributed by atoms with Crippen molar-refractivity contribution in [3.8, 4) is 0 Å². The molecule has 22 heavy (non-hydrogen) atoms. The Bertz CT molecular complexity index is 625. The van der Waals surface area contributed by atoms with Crippen LogP contribution < -0.4 is 10.6 Å². The summed E-state index contributed by atoms with van der Waals surface area (Å²) in [5.74, 6) is -0.207. The molecule has 0 bridgehead atoms. The second-order valence-electron chi connectivity index (χ2n) is 5.95. The molecule has 0 aliphatic carbocycles. The van der Waals surface area contributed by atoms with Gasteiger partial charge in [0.05, 0.1) is 11.4 Å². The average molecular weight is 327 g/mol. The first-order chi connectivity index (χ1) is 10.1. The van der Waals surface area contributed by atoms with Crippen molar-refractivity contribution in [1.29, 1.82) is 0 Å². The van der Waals surface area contributed by atoms with E-state index in [2.05, 4.69) is 10.6 Å². The molecule has 124 valence electrons. The molecule has 0 heterocycles. The van der Waals surface area contributed by atoms with Crippen LogP contribution in [-0.2, 0) is 14.8 Å². The Morgan fingerprint density at radius 3 is 2.45 bits per heavy atom. The quantitative estimate of drug-likeness (QED) is 0.798. The van der Waals surface area contributed by atoms with Crippen molar-refractivity contribution in [2.24, 2.45) is 0 Å². The van der Waals surface area contributed by atoms with E-state index >= 15 is 0 Å². The summed E-state index contributed by atoms with van der Waals surface area (Å²) in [6.07, 6.45) is 0.900. The molecule has 2 N–H and O–H groups in total. The largest absolute Gasteiger partial charge is 0.325 e. The highest BCUT2D eigenvalue weighted by atomic mass is 32.2. The summed E-state index contributed by atoms with van der Waals surface area (Å²) >= 11 is 0. The van der Waals surface area contributed by atoms with E-state index in [0.29, 0.717) is 5.69 Å². The molecule has 0 aliphatic rings. The van der Waals surface area contributed by atoms with Gasteiger partial charge in [0, 0.05) is 25.3 Å². The molecule has 1 rings (SSSR count). The minimum absolute atomic E-state index is 0.118. The first-order valence-electron chi connectivity index (χ1n) is 7.16. The van der Waals surface area contributed by atoms with Gasteiger partial charge in [-0.2, -0.15) is 0 Å². The molecule has 0 aliphatic heterocycles. The van der Waals surface area contributed by atoms with E-state index in [9.17, 15) is 13.2 Å². The number of carbonyl (C=O) groups excluding carboxylic acids is 1. The summed E-state index contributed by atoms with van der Waals surface area (Å²) in [5, 5.41) is 5.86. The summed E-state index contributed by atoms with van der Waals surface area (Å²) in [4.78, 5) is 12.1. The van der Waals surface area contributed by atoms with E-state index in [1.165, 1.54) is 26.2 Å². The van der Waals surface area contributed by atoms with Crippen LogP contribution in [0.1, 0.15) is 27.2 Å². The van der Waals surface area contributed by atoms with Crippen LogP contribution >= 0.6 is 0 Å². The highest BCUT2D eigenvalue weighted by Crippen LogP contribution is 2.17. The Morgan fingerprint density at radius 2 is 1.91 bits per heavy atom. The highest BCUT2D eigenvalue weighted by molar-refractivity contribution is 7.89. The van der Waals surface area contributed by atoms with E-state index in [-0.39, 0.29) is 22.9 Å². The van der Waals surface area contributed by atoms with E-state index in [4.69, 9.17) is 0 Å². The molecule has 0 atom stereocenters. The fraction of sp³-hybridized carbons (Fsp3) is 0.533. The molecule has 6 nitrogen and oxygen atoms in total. The lowest BCUT2D eigenvalue weighted by Gasteiger charge is -2.24. The van der Waals surface area contributed by atoms with Gasteiger partial charge in [0.25, 0.3) is 0 Å². The fourth-order valence-corrected chi connectivity index (χ4v) is 2.54. The number of hydrogen-bond acceptors (Lipinski definition) is 4. The van der Waals surface area contributed by atoms with Gasteiger partial charge in [-0.05, 0) is 38.5 Å². The van der Waals surface area contributed by atoms with Crippen molar-refractivity contribution in [2.45, 2.75) is 37.6 Å². The predicted molar refractivity (Wildman–Crippen MR) is 88.3 cm³/mol. The fourth-order valence-electron chi connectivity index (χ4n) is 1.59. The van der Waals surface area contributed by atoms with E-state index in [0.717, 1.165) is 10.7 Å². The second-order valence-corrected chi connectivity index (χ2v) is 8.11. The Morgan fingerprint density at radius 1 is 1.27 bits per heavy atom. The second kappa shape index (κ2) is 7.21. The molecule has 0 unspecified atom stereocenters. The number of hydrogen-bond donors (Lipinski definition) is 2. The number of carbonyl (C=O) groups is 1. The lowest BCUT2D eigenvalue weighted by Crippen LogP contribution is -2.43. The maximum absolute atomic E-state index is 12.1. The van der Waals surface area contributed by atoms with Crippen molar-refractivity contribution >= 4 is 21.6 Å². The molecule has 1 aromatic carbocycles. The zero-order chi connectivity index (χ0) is 17.0. The smallest absolute Gasteiger partial charge is 0.242 e. The van der Waals surface area contributed by atoms with Crippen LogP contribution in [0.4, 0.5) is 5.69 Å². The number of nitrogens with zero attached hydrogens (tertiary/aromatic N) is 1. The molecule has 0 radical (unpaired) electrons. The summed E-state index contributed by atoms with van der Waals surface area (Å²) < 4.78 is 25.3. The maximum atomic E-state index is 12.1. The topological polar surface area (TPSA) is 78.5 Å². The number of amides is 1. The van der Waals surface area contributed by atoms with Crippen LogP contribution in [0.2, 0.25) is 0 Å². The minimum atomic E-state index is -3.51. The van der Waals surface area contributed by atoms with Crippen molar-refractivity contribution in [3.05, 3.63) is 24.3 Å². The molecule has 0 saturated heterocycles. The van der Waals surface area contributed by atoms with Gasteiger partial charge < -0.3 is 10.6 Å². The van der Waals surface area contributed by atoms with Gasteiger partial charge in [0.1, 0.15) is 0 Å². The minimum Gasteiger partial charge on any atom is -0.325 e. The predicted octanol–water partition coefficient (Wildman–Crippen LogP) is 1.65. The van der Waals surface area contributed by atoms with Crippen molar-refractivity contribution in [2.75, 3.05) is 26.0 Å².